The molecule has 0 aliphatic rings. The average molecular weight is 281 g/mol. The summed E-state index contributed by atoms with van der Waals surface area (Å²) in [5.74, 6) is 0. The van der Waals surface area contributed by atoms with Crippen molar-refractivity contribution in [2.24, 2.45) is 5.73 Å². The van der Waals surface area contributed by atoms with Crippen molar-refractivity contribution in [2.45, 2.75) is 45.7 Å². The number of unbranched alkanes of at least 4 members (excludes halogenated alkanes) is 1. The molecular formula is C10H28N2O3Si2. The van der Waals surface area contributed by atoms with Crippen molar-refractivity contribution in [1.29, 1.82) is 0 Å². The van der Waals surface area contributed by atoms with Crippen LogP contribution in [0.2, 0.25) is 0 Å². The first kappa shape index (κ1) is 17.2. The van der Waals surface area contributed by atoms with E-state index in [-0.39, 0.29) is 6.17 Å². The van der Waals surface area contributed by atoms with Gasteiger partial charge in [-0.3, -0.25) is 4.57 Å². The van der Waals surface area contributed by atoms with Crippen molar-refractivity contribution < 1.29 is 13.0 Å². The SMILES string of the molecule is CCCCN(C(N)CCC)[SiH](OC)O[SiH2]OC. The molecule has 0 amide bonds. The lowest BCUT2D eigenvalue weighted by Gasteiger charge is -2.33. The number of nitrogens with two attached hydrogens (primary N) is 1. The molecule has 0 saturated carbocycles. The van der Waals surface area contributed by atoms with Crippen LogP contribution in [-0.4, -0.2) is 50.9 Å². The molecule has 0 aromatic carbocycles. The van der Waals surface area contributed by atoms with Gasteiger partial charge < -0.3 is 18.7 Å². The third-order valence-electron chi connectivity index (χ3n) is 2.58. The number of hydrogen-bond donors (Lipinski definition) is 1. The van der Waals surface area contributed by atoms with Crippen LogP contribution in [0.15, 0.2) is 0 Å². The Hall–Kier alpha value is 0.234. The van der Waals surface area contributed by atoms with E-state index in [1.54, 1.807) is 14.2 Å². The molecule has 0 aromatic heterocycles. The smallest absolute Gasteiger partial charge is 0.402 e. The Labute approximate surface area is 110 Å². The first-order valence-corrected chi connectivity index (χ1v) is 8.97. The predicted molar refractivity (Wildman–Crippen MR) is 75.3 cm³/mol. The van der Waals surface area contributed by atoms with E-state index in [0.717, 1.165) is 32.2 Å². The van der Waals surface area contributed by atoms with Crippen LogP contribution < -0.4 is 5.73 Å². The molecule has 0 heterocycles. The molecule has 2 unspecified atom stereocenters. The van der Waals surface area contributed by atoms with Crippen molar-refractivity contribution in [1.82, 2.24) is 4.57 Å². The Kier molecular flexibility index (Phi) is 11.5. The maximum atomic E-state index is 6.19. The van der Waals surface area contributed by atoms with Crippen molar-refractivity contribution in [3.63, 3.8) is 0 Å². The highest BCUT2D eigenvalue weighted by atomic mass is 28.4. The molecule has 2 atom stereocenters. The number of hydrogen-bond acceptors (Lipinski definition) is 5. The molecule has 0 rings (SSSR count). The van der Waals surface area contributed by atoms with Gasteiger partial charge in [0.25, 0.3) is 10.0 Å². The highest BCUT2D eigenvalue weighted by molar-refractivity contribution is 6.48. The second kappa shape index (κ2) is 11.3. The lowest BCUT2D eigenvalue weighted by atomic mass is 10.2. The first-order chi connectivity index (χ1) is 8.21. The highest BCUT2D eigenvalue weighted by Gasteiger charge is 2.26. The fourth-order valence-electron chi connectivity index (χ4n) is 1.66. The van der Waals surface area contributed by atoms with Crippen molar-refractivity contribution in [3.8, 4) is 0 Å². The largest absolute Gasteiger partial charge is 0.410 e. The zero-order valence-corrected chi connectivity index (χ0v) is 14.2. The minimum Gasteiger partial charge on any atom is -0.410 e. The zero-order chi connectivity index (χ0) is 13.1. The Morgan fingerprint density at radius 2 is 2.00 bits per heavy atom. The molecule has 7 heteroatoms. The van der Waals surface area contributed by atoms with E-state index in [4.69, 9.17) is 18.7 Å². The van der Waals surface area contributed by atoms with E-state index in [2.05, 4.69) is 18.4 Å². The minimum atomic E-state index is -1.82. The molecular weight excluding hydrogens is 252 g/mol. The van der Waals surface area contributed by atoms with Gasteiger partial charge in [-0.2, -0.15) is 0 Å². The summed E-state index contributed by atoms with van der Waals surface area (Å²) in [6.45, 7) is 5.28. The third-order valence-corrected chi connectivity index (χ3v) is 6.09. The van der Waals surface area contributed by atoms with Crippen LogP contribution in [0.3, 0.4) is 0 Å². The van der Waals surface area contributed by atoms with Gasteiger partial charge >= 0.3 is 9.45 Å². The van der Waals surface area contributed by atoms with E-state index in [0.29, 0.717) is 0 Å². The molecule has 5 nitrogen and oxygen atoms in total. The molecule has 0 aromatic rings. The van der Waals surface area contributed by atoms with E-state index in [1.807, 2.05) is 0 Å². The zero-order valence-electron chi connectivity index (χ0n) is 11.6. The summed E-state index contributed by atoms with van der Waals surface area (Å²) in [5, 5.41) is 0. The fourth-order valence-corrected chi connectivity index (χ4v) is 5.10. The number of nitrogens with zero attached hydrogens (tertiary/aromatic N) is 1. The van der Waals surface area contributed by atoms with Gasteiger partial charge in [-0.25, -0.2) is 0 Å². The number of rotatable bonds is 11. The Balaban J connectivity index is 4.37. The van der Waals surface area contributed by atoms with Gasteiger partial charge in [-0.15, -0.1) is 0 Å². The second-order valence-electron chi connectivity index (χ2n) is 4.06. The van der Waals surface area contributed by atoms with E-state index in [9.17, 15) is 0 Å². The van der Waals surface area contributed by atoms with Gasteiger partial charge in [0.05, 0.1) is 6.17 Å². The molecule has 0 bridgehead atoms. The van der Waals surface area contributed by atoms with Crippen LogP contribution >= 0.6 is 0 Å². The Morgan fingerprint density at radius 1 is 1.29 bits per heavy atom. The second-order valence-corrected chi connectivity index (χ2v) is 7.96. The quantitative estimate of drug-likeness (QED) is 0.433. The van der Waals surface area contributed by atoms with Gasteiger partial charge in [0.1, 0.15) is 0 Å². The Morgan fingerprint density at radius 3 is 2.47 bits per heavy atom. The molecule has 104 valence electrons. The maximum Gasteiger partial charge on any atom is 0.402 e. The van der Waals surface area contributed by atoms with Crippen molar-refractivity contribution >= 4 is 19.5 Å². The maximum absolute atomic E-state index is 6.19. The fraction of sp³-hybridized carbons (Fsp3) is 1.00. The summed E-state index contributed by atoms with van der Waals surface area (Å²) in [5.41, 5.74) is 6.19. The van der Waals surface area contributed by atoms with Crippen LogP contribution in [0.1, 0.15) is 39.5 Å². The van der Waals surface area contributed by atoms with Crippen LogP contribution in [0.25, 0.3) is 0 Å². The van der Waals surface area contributed by atoms with E-state index in [1.165, 1.54) is 0 Å². The molecule has 0 saturated heterocycles. The molecule has 0 radical (unpaired) electrons. The molecule has 0 spiro atoms. The average Bonchev–Trinajstić information content (AvgIpc) is 2.33. The van der Waals surface area contributed by atoms with Crippen molar-refractivity contribution in [3.05, 3.63) is 0 Å². The summed E-state index contributed by atoms with van der Waals surface area (Å²) in [7, 11) is 0.652. The molecule has 0 aliphatic heterocycles. The summed E-state index contributed by atoms with van der Waals surface area (Å²) in [6, 6.07) is 0. The molecule has 2 N–H and O–H groups in total. The molecule has 17 heavy (non-hydrogen) atoms. The first-order valence-electron chi connectivity index (χ1n) is 6.35. The lowest BCUT2D eigenvalue weighted by molar-refractivity contribution is 0.185. The topological polar surface area (TPSA) is 57.0 Å². The van der Waals surface area contributed by atoms with Crippen LogP contribution in [0.4, 0.5) is 0 Å². The van der Waals surface area contributed by atoms with Gasteiger partial charge in [-0.05, 0) is 19.4 Å². The normalized spacial score (nSPS) is 15.9. The van der Waals surface area contributed by atoms with Crippen LogP contribution in [0, 0.1) is 0 Å². The monoisotopic (exact) mass is 280 g/mol. The molecule has 0 aliphatic carbocycles. The third kappa shape index (κ3) is 7.29. The van der Waals surface area contributed by atoms with Gasteiger partial charge in [-0.1, -0.05) is 26.7 Å². The van der Waals surface area contributed by atoms with Gasteiger partial charge in [0, 0.05) is 14.2 Å². The highest BCUT2D eigenvalue weighted by Crippen LogP contribution is 2.08. The summed E-state index contributed by atoms with van der Waals surface area (Å²) >= 11 is 0. The lowest BCUT2D eigenvalue weighted by Crippen LogP contribution is -2.54. The summed E-state index contributed by atoms with van der Waals surface area (Å²) < 4.78 is 18.5. The van der Waals surface area contributed by atoms with Crippen LogP contribution in [0.5, 0.6) is 0 Å². The van der Waals surface area contributed by atoms with Gasteiger partial charge in [0.15, 0.2) is 0 Å². The standard InChI is InChI=1S/C10H28N2O3Si2/c1-5-7-9-12(10(11)8-6-2)17(14-4)15-16-13-3/h10,17H,5-9,11,16H2,1-4H3. The Bertz CT molecular complexity index is 178. The summed E-state index contributed by atoms with van der Waals surface area (Å²) in [6.07, 6.45) is 4.39. The summed E-state index contributed by atoms with van der Waals surface area (Å²) in [4.78, 5) is 0. The van der Waals surface area contributed by atoms with E-state index >= 15 is 0 Å². The predicted octanol–water partition coefficient (Wildman–Crippen LogP) is 0.199. The molecule has 0 fully saturated rings. The van der Waals surface area contributed by atoms with Crippen LogP contribution in [-0.2, 0) is 13.0 Å². The van der Waals surface area contributed by atoms with Crippen molar-refractivity contribution in [2.75, 3.05) is 20.8 Å². The van der Waals surface area contributed by atoms with E-state index < -0.39 is 19.5 Å². The van der Waals surface area contributed by atoms with Gasteiger partial charge in [0.2, 0.25) is 0 Å². The minimum absolute atomic E-state index is 0.0500.